The molecule has 1 aliphatic heterocycles. The van der Waals surface area contributed by atoms with Crippen LogP contribution in [0, 0.1) is 5.82 Å². The molecular formula is C17H19FN4O2S. The maximum Gasteiger partial charge on any atom is 0.236 e. The summed E-state index contributed by atoms with van der Waals surface area (Å²) in [5.74, 6) is 0.383. The molecule has 6 nitrogen and oxygen atoms in total. The minimum absolute atomic E-state index is 0.0708. The van der Waals surface area contributed by atoms with E-state index in [4.69, 9.17) is 4.74 Å². The third-order valence-electron chi connectivity index (χ3n) is 3.74. The van der Waals surface area contributed by atoms with E-state index < -0.39 is 0 Å². The van der Waals surface area contributed by atoms with Crippen LogP contribution >= 0.6 is 11.8 Å². The number of hydrogen-bond acceptors (Lipinski definition) is 5. The zero-order chi connectivity index (χ0) is 17.6. The largest absolute Gasteiger partial charge is 0.378 e. The summed E-state index contributed by atoms with van der Waals surface area (Å²) in [7, 11) is 0. The van der Waals surface area contributed by atoms with Crippen molar-refractivity contribution in [3.63, 3.8) is 0 Å². The molecule has 2 aromatic rings. The average Bonchev–Trinajstić information content (AvgIpc) is 3.08. The van der Waals surface area contributed by atoms with Crippen molar-refractivity contribution in [1.82, 2.24) is 20.1 Å². The fourth-order valence-corrected chi connectivity index (χ4v) is 3.20. The highest BCUT2D eigenvalue weighted by atomic mass is 32.2. The first-order valence-electron chi connectivity index (χ1n) is 8.01. The number of thioether (sulfide) groups is 1. The number of H-pyrrole nitrogens is 1. The molecule has 1 fully saturated rings. The number of aromatic nitrogens is 3. The lowest BCUT2D eigenvalue weighted by molar-refractivity contribution is -0.134. The SMILES string of the molecule is CC(Sc1n[nH]c(/C=C/c2ccc(F)cc2)n1)C(=O)N1CCOCC1. The van der Waals surface area contributed by atoms with Crippen LogP contribution in [0.3, 0.4) is 0 Å². The lowest BCUT2D eigenvalue weighted by atomic mass is 10.2. The van der Waals surface area contributed by atoms with Crippen LogP contribution in [0.5, 0.6) is 0 Å². The van der Waals surface area contributed by atoms with Gasteiger partial charge in [-0.2, -0.15) is 0 Å². The van der Waals surface area contributed by atoms with Gasteiger partial charge in [-0.25, -0.2) is 9.37 Å². The molecule has 0 spiro atoms. The quantitative estimate of drug-likeness (QED) is 0.828. The van der Waals surface area contributed by atoms with Gasteiger partial charge in [0.05, 0.1) is 18.5 Å². The van der Waals surface area contributed by atoms with Crippen molar-refractivity contribution in [2.45, 2.75) is 17.3 Å². The first kappa shape index (κ1) is 17.6. The molecule has 1 N–H and O–H groups in total. The normalized spacial score (nSPS) is 16.3. The first-order valence-corrected chi connectivity index (χ1v) is 8.89. The smallest absolute Gasteiger partial charge is 0.236 e. The van der Waals surface area contributed by atoms with Crippen molar-refractivity contribution in [2.75, 3.05) is 26.3 Å². The van der Waals surface area contributed by atoms with Crippen molar-refractivity contribution >= 4 is 29.8 Å². The standard InChI is InChI=1S/C17H19FN4O2S/c1-12(16(23)22-8-10-24-11-9-22)25-17-19-15(20-21-17)7-4-13-2-5-14(18)6-3-13/h2-7,12H,8-11H2,1H3,(H,19,20,21)/b7-4+. The van der Waals surface area contributed by atoms with Crippen LogP contribution in [0.1, 0.15) is 18.3 Å². The fourth-order valence-electron chi connectivity index (χ4n) is 2.38. The summed E-state index contributed by atoms with van der Waals surface area (Å²) in [5, 5.41) is 7.21. The number of amides is 1. The second kappa shape index (κ2) is 8.26. The van der Waals surface area contributed by atoms with Crippen LogP contribution in [-0.4, -0.2) is 57.5 Å². The molecule has 1 atom stereocenters. The van der Waals surface area contributed by atoms with E-state index in [2.05, 4.69) is 15.2 Å². The number of hydrogen-bond donors (Lipinski definition) is 1. The lowest BCUT2D eigenvalue weighted by Crippen LogP contribution is -2.44. The van der Waals surface area contributed by atoms with Gasteiger partial charge in [-0.05, 0) is 30.7 Å². The molecular weight excluding hydrogens is 343 g/mol. The van der Waals surface area contributed by atoms with Gasteiger partial charge in [-0.1, -0.05) is 30.0 Å². The van der Waals surface area contributed by atoms with Crippen LogP contribution < -0.4 is 0 Å². The van der Waals surface area contributed by atoms with Gasteiger partial charge in [0.2, 0.25) is 11.1 Å². The van der Waals surface area contributed by atoms with Crippen molar-refractivity contribution in [2.24, 2.45) is 0 Å². The maximum absolute atomic E-state index is 12.9. The zero-order valence-corrected chi connectivity index (χ0v) is 14.6. The van der Waals surface area contributed by atoms with Crippen LogP contribution in [0.4, 0.5) is 4.39 Å². The molecule has 0 saturated carbocycles. The monoisotopic (exact) mass is 362 g/mol. The van der Waals surface area contributed by atoms with Crippen LogP contribution in [0.25, 0.3) is 12.2 Å². The molecule has 0 bridgehead atoms. The zero-order valence-electron chi connectivity index (χ0n) is 13.8. The molecule has 1 aromatic carbocycles. The molecule has 0 aliphatic carbocycles. The topological polar surface area (TPSA) is 71.1 Å². The highest BCUT2D eigenvalue weighted by molar-refractivity contribution is 8.00. The van der Waals surface area contributed by atoms with E-state index in [1.54, 1.807) is 18.2 Å². The Morgan fingerprint density at radius 3 is 2.76 bits per heavy atom. The minimum Gasteiger partial charge on any atom is -0.378 e. The third kappa shape index (κ3) is 4.90. The highest BCUT2D eigenvalue weighted by Crippen LogP contribution is 2.21. The average molecular weight is 362 g/mol. The van der Waals surface area contributed by atoms with Crippen molar-refractivity contribution < 1.29 is 13.9 Å². The predicted molar refractivity (Wildman–Crippen MR) is 94.4 cm³/mol. The van der Waals surface area contributed by atoms with Gasteiger partial charge in [0.15, 0.2) is 0 Å². The van der Waals surface area contributed by atoms with E-state index in [0.29, 0.717) is 37.3 Å². The Hall–Kier alpha value is -2.19. The van der Waals surface area contributed by atoms with Crippen LogP contribution in [-0.2, 0) is 9.53 Å². The number of nitrogens with zero attached hydrogens (tertiary/aromatic N) is 3. The Morgan fingerprint density at radius 1 is 1.32 bits per heavy atom. The molecule has 0 radical (unpaired) electrons. The summed E-state index contributed by atoms with van der Waals surface area (Å²) in [5.41, 5.74) is 0.864. The Balaban J connectivity index is 1.57. The van der Waals surface area contributed by atoms with E-state index in [1.807, 2.05) is 17.9 Å². The molecule has 1 aromatic heterocycles. The number of halogens is 1. The molecule has 8 heteroatoms. The molecule has 25 heavy (non-hydrogen) atoms. The van der Waals surface area contributed by atoms with Crippen molar-refractivity contribution in [1.29, 1.82) is 0 Å². The Kier molecular flexibility index (Phi) is 5.83. The summed E-state index contributed by atoms with van der Waals surface area (Å²) < 4.78 is 18.1. The summed E-state index contributed by atoms with van der Waals surface area (Å²) in [4.78, 5) is 18.5. The van der Waals surface area contributed by atoms with E-state index in [0.717, 1.165) is 5.56 Å². The van der Waals surface area contributed by atoms with Gasteiger partial charge in [-0.15, -0.1) is 5.10 Å². The highest BCUT2D eigenvalue weighted by Gasteiger charge is 2.24. The summed E-state index contributed by atoms with van der Waals surface area (Å²) >= 11 is 1.32. The number of carbonyl (C=O) groups excluding carboxylic acids is 1. The second-order valence-electron chi connectivity index (χ2n) is 5.59. The maximum atomic E-state index is 12.9. The molecule has 1 amide bonds. The van der Waals surface area contributed by atoms with E-state index >= 15 is 0 Å². The molecule has 2 heterocycles. The first-order chi connectivity index (χ1) is 12.1. The summed E-state index contributed by atoms with van der Waals surface area (Å²) in [6, 6.07) is 6.17. The molecule has 132 valence electrons. The van der Waals surface area contributed by atoms with Gasteiger partial charge in [0, 0.05) is 13.1 Å². The van der Waals surface area contributed by atoms with Gasteiger partial charge in [0.25, 0.3) is 0 Å². The van der Waals surface area contributed by atoms with Gasteiger partial charge in [-0.3, -0.25) is 9.89 Å². The number of ether oxygens (including phenoxy) is 1. The van der Waals surface area contributed by atoms with Crippen molar-refractivity contribution in [3.05, 3.63) is 41.5 Å². The van der Waals surface area contributed by atoms with Crippen LogP contribution in [0.15, 0.2) is 29.4 Å². The van der Waals surface area contributed by atoms with Crippen molar-refractivity contribution in [3.8, 4) is 0 Å². The molecule has 1 aliphatic rings. The Bertz CT molecular complexity index is 741. The lowest BCUT2D eigenvalue weighted by Gasteiger charge is -2.28. The molecule has 3 rings (SSSR count). The van der Waals surface area contributed by atoms with Gasteiger partial charge < -0.3 is 9.64 Å². The van der Waals surface area contributed by atoms with E-state index in [-0.39, 0.29) is 17.0 Å². The third-order valence-corrected chi connectivity index (χ3v) is 4.69. The van der Waals surface area contributed by atoms with E-state index in [9.17, 15) is 9.18 Å². The number of benzene rings is 1. The van der Waals surface area contributed by atoms with E-state index in [1.165, 1.54) is 23.9 Å². The minimum atomic E-state index is -0.269. The number of nitrogens with one attached hydrogen (secondary N) is 1. The number of carbonyl (C=O) groups is 1. The fraction of sp³-hybridized carbons (Fsp3) is 0.353. The second-order valence-corrected chi connectivity index (χ2v) is 6.89. The van der Waals surface area contributed by atoms with Gasteiger partial charge in [0.1, 0.15) is 11.6 Å². The Labute approximate surface area is 149 Å². The number of aromatic amines is 1. The predicted octanol–water partition coefficient (Wildman–Crippen LogP) is 2.45. The summed E-state index contributed by atoms with van der Waals surface area (Å²) in [6.07, 6.45) is 3.58. The number of morpholine rings is 1. The molecule has 1 unspecified atom stereocenters. The van der Waals surface area contributed by atoms with Crippen LogP contribution in [0.2, 0.25) is 0 Å². The molecule has 1 saturated heterocycles. The number of rotatable bonds is 5. The Morgan fingerprint density at radius 2 is 2.04 bits per heavy atom. The summed E-state index contributed by atoms with van der Waals surface area (Å²) in [6.45, 7) is 4.28. The van der Waals surface area contributed by atoms with Gasteiger partial charge >= 0.3 is 0 Å².